The summed E-state index contributed by atoms with van der Waals surface area (Å²) in [5, 5.41) is 67.8. The lowest BCUT2D eigenvalue weighted by Crippen LogP contribution is -2.63. The fraction of sp³-hybridized carbons (Fsp3) is 0.568. The van der Waals surface area contributed by atoms with Gasteiger partial charge < -0.3 is 67.3 Å². The van der Waals surface area contributed by atoms with E-state index < -0.39 is 126 Å². The topological polar surface area (TPSA) is 329 Å². The fourth-order valence-electron chi connectivity index (χ4n) is 7.15. The zero-order chi connectivity index (χ0) is 43.5. The minimum absolute atomic E-state index is 0.266. The van der Waals surface area contributed by atoms with Crippen LogP contribution in [0.1, 0.15) is 46.1 Å². The summed E-state index contributed by atoms with van der Waals surface area (Å²) < 4.78 is 0. The summed E-state index contributed by atoms with van der Waals surface area (Å²) in [6.07, 6.45) is -4.94. The van der Waals surface area contributed by atoms with Gasteiger partial charge in [-0.25, -0.2) is 9.59 Å². The lowest BCUT2D eigenvalue weighted by Gasteiger charge is -2.31. The van der Waals surface area contributed by atoms with E-state index in [9.17, 15) is 63.9 Å². The molecule has 3 aliphatic rings. The maximum absolute atomic E-state index is 14.5. The molecule has 0 spiro atoms. The molecule has 4 heterocycles. The van der Waals surface area contributed by atoms with Crippen LogP contribution in [0.25, 0.3) is 10.9 Å². The Morgan fingerprint density at radius 1 is 0.898 bits per heavy atom. The summed E-state index contributed by atoms with van der Waals surface area (Å²) in [5.41, 5.74) is -1.01. The van der Waals surface area contributed by atoms with Crippen LogP contribution in [0, 0.1) is 5.92 Å². The summed E-state index contributed by atoms with van der Waals surface area (Å²) >= 11 is 0.942. The second-order valence-electron chi connectivity index (χ2n) is 15.7. The number of amides is 7. The van der Waals surface area contributed by atoms with E-state index in [2.05, 4.69) is 36.9 Å². The molecule has 0 radical (unpaired) electrons. The normalized spacial score (nSPS) is 29.5. The number of fused-ring (bicyclic) bond motifs is 5. The van der Waals surface area contributed by atoms with Gasteiger partial charge in [-0.1, -0.05) is 32.0 Å². The van der Waals surface area contributed by atoms with Crippen LogP contribution >= 0.6 is 11.8 Å². The van der Waals surface area contributed by atoms with Gasteiger partial charge in [-0.3, -0.25) is 28.8 Å². The second kappa shape index (κ2) is 18.3. The highest BCUT2D eigenvalue weighted by molar-refractivity contribution is 7.99. The van der Waals surface area contributed by atoms with E-state index in [1.165, 1.54) is 27.7 Å². The van der Waals surface area contributed by atoms with Crippen LogP contribution in [0.2, 0.25) is 0 Å². The molecule has 21 nitrogen and oxygen atoms in total. The molecule has 12 N–H and O–H groups in total. The van der Waals surface area contributed by atoms with Gasteiger partial charge in [0.1, 0.15) is 42.3 Å². The lowest BCUT2D eigenvalue weighted by molar-refractivity contribution is -0.152. The molecule has 322 valence electrons. The minimum Gasteiger partial charge on any atom is -0.479 e. The number of carbonyl (C=O) groups excluding carboxylic acids is 7. The molecule has 1 aromatic carbocycles. The van der Waals surface area contributed by atoms with Crippen LogP contribution in [-0.4, -0.2) is 162 Å². The number of aliphatic hydroxyl groups is 4. The standard InChI is InChI=1S/C37H50N8O13S/c1-15(2)25-33(54)44-26(28(49)35(55)56)27(48)23-13-59-34-19(18-7-5-6-8-20(18)41-34)10-21(30(51)40-22(31(52)43-25)11-37(4,58)14-46)39-29(50)16(3)38-32(53)24-9-17(47)12-45(24)36(57)42-23/h5-8,15-17,21-26,28,41,46-47,49,58H,9-14H2,1-4H3,(H,38,53)(H,39,50)(H,40,51)(H,42,57)(H,43,52)(H,44,54)(H,55,56)/t16-,17-,21-,22-,23-,24-,25-,26-,28-,37-/m0/s1. The van der Waals surface area contributed by atoms with Gasteiger partial charge in [0, 0.05) is 42.5 Å². The summed E-state index contributed by atoms with van der Waals surface area (Å²) in [5.74, 6) is -9.14. The van der Waals surface area contributed by atoms with E-state index in [0.29, 0.717) is 21.5 Å². The molecule has 10 atom stereocenters. The average molecular weight is 847 g/mol. The van der Waals surface area contributed by atoms with Crippen molar-refractivity contribution in [2.45, 2.75) is 112 Å². The number of para-hydroxylation sites is 1. The van der Waals surface area contributed by atoms with Gasteiger partial charge in [-0.2, -0.15) is 0 Å². The van der Waals surface area contributed by atoms with Crippen LogP contribution in [0.5, 0.6) is 0 Å². The first-order valence-corrected chi connectivity index (χ1v) is 20.0. The van der Waals surface area contributed by atoms with E-state index in [0.717, 1.165) is 16.7 Å². The number of aromatic amines is 1. The number of hydrogen-bond donors (Lipinski definition) is 12. The lowest BCUT2D eigenvalue weighted by atomic mass is 9.95. The molecule has 5 rings (SSSR count). The van der Waals surface area contributed by atoms with Crippen molar-refractivity contribution in [1.82, 2.24) is 41.8 Å². The number of nitrogens with zero attached hydrogens (tertiary/aromatic N) is 1. The minimum atomic E-state index is -2.58. The van der Waals surface area contributed by atoms with Gasteiger partial charge in [-0.05, 0) is 31.4 Å². The number of carbonyl (C=O) groups is 8. The van der Waals surface area contributed by atoms with Crippen molar-refractivity contribution < 1.29 is 63.9 Å². The third-order valence-corrected chi connectivity index (χ3v) is 11.6. The van der Waals surface area contributed by atoms with E-state index in [-0.39, 0.29) is 25.1 Å². The number of aliphatic carboxylic acids is 1. The maximum Gasteiger partial charge on any atom is 0.335 e. The largest absolute Gasteiger partial charge is 0.479 e. The first-order chi connectivity index (χ1) is 27.7. The molecule has 1 fully saturated rings. The van der Waals surface area contributed by atoms with E-state index in [1.807, 2.05) is 0 Å². The van der Waals surface area contributed by atoms with Crippen LogP contribution in [0.4, 0.5) is 4.79 Å². The van der Waals surface area contributed by atoms with Crippen molar-refractivity contribution in [3.63, 3.8) is 0 Å². The average Bonchev–Trinajstić information content (AvgIpc) is 3.75. The molecule has 7 amide bonds. The Kier molecular flexibility index (Phi) is 13.9. The summed E-state index contributed by atoms with van der Waals surface area (Å²) in [7, 11) is 0. The van der Waals surface area contributed by atoms with Crippen molar-refractivity contribution in [3.8, 4) is 0 Å². The van der Waals surface area contributed by atoms with Crippen LogP contribution in [0.3, 0.4) is 0 Å². The Morgan fingerprint density at radius 3 is 2.24 bits per heavy atom. The number of urea groups is 1. The monoisotopic (exact) mass is 846 g/mol. The molecular weight excluding hydrogens is 797 g/mol. The Hall–Kier alpha value is -5.29. The second-order valence-corrected chi connectivity index (χ2v) is 16.7. The number of ketones is 1. The Morgan fingerprint density at radius 2 is 1.58 bits per heavy atom. The predicted octanol–water partition coefficient (Wildman–Crippen LogP) is -3.41. The Labute approximate surface area is 341 Å². The van der Waals surface area contributed by atoms with E-state index >= 15 is 0 Å². The fourth-order valence-corrected chi connectivity index (χ4v) is 8.28. The smallest absolute Gasteiger partial charge is 0.335 e. The molecule has 2 aromatic rings. The van der Waals surface area contributed by atoms with Gasteiger partial charge in [-0.15, -0.1) is 11.8 Å². The number of benzene rings is 1. The predicted molar refractivity (Wildman–Crippen MR) is 207 cm³/mol. The van der Waals surface area contributed by atoms with Gasteiger partial charge >= 0.3 is 12.0 Å². The highest BCUT2D eigenvalue weighted by Gasteiger charge is 2.45. The van der Waals surface area contributed by atoms with Crippen molar-refractivity contribution >= 4 is 70.0 Å². The molecule has 22 heteroatoms. The first kappa shape index (κ1) is 44.8. The number of thioether (sulfide) groups is 1. The molecule has 1 saturated heterocycles. The van der Waals surface area contributed by atoms with Crippen molar-refractivity contribution in [2.24, 2.45) is 5.92 Å². The van der Waals surface area contributed by atoms with Crippen molar-refractivity contribution in [2.75, 3.05) is 18.9 Å². The molecule has 3 aliphatic heterocycles. The Balaban J connectivity index is 1.74. The summed E-state index contributed by atoms with van der Waals surface area (Å²) in [6.45, 7) is 4.25. The number of hydrogen-bond acceptors (Lipinski definition) is 13. The summed E-state index contributed by atoms with van der Waals surface area (Å²) in [6, 6.07) is -5.58. The molecule has 0 saturated carbocycles. The number of H-pyrrole nitrogens is 1. The van der Waals surface area contributed by atoms with Crippen molar-refractivity contribution in [1.29, 1.82) is 0 Å². The Bertz CT molecular complexity index is 1990. The SMILES string of the molecule is CC(C)[C@@H]1NC(=O)[C@H](C[C@](C)(O)CO)NC(=O)[C@@H]2Cc3c([nH]c4ccccc34)SC[C@H](NC(=O)N3C[C@@H](O)C[C@H]3C(=O)N[C@@H](C)C(=O)N2)C(=O)[C@@H]([C@H](O)C(=O)O)NC1=O. The van der Waals surface area contributed by atoms with Gasteiger partial charge in [0.25, 0.3) is 0 Å². The number of nitrogens with one attached hydrogen (secondary N) is 7. The molecule has 0 aliphatic carbocycles. The molecule has 2 bridgehead atoms. The highest BCUT2D eigenvalue weighted by Crippen LogP contribution is 2.32. The van der Waals surface area contributed by atoms with Crippen LogP contribution in [0.15, 0.2) is 29.3 Å². The maximum atomic E-state index is 14.5. The van der Waals surface area contributed by atoms with Crippen molar-refractivity contribution in [3.05, 3.63) is 29.8 Å². The van der Waals surface area contributed by atoms with Gasteiger partial charge in [0.05, 0.1) is 23.3 Å². The zero-order valence-corrected chi connectivity index (χ0v) is 33.5. The summed E-state index contributed by atoms with van der Waals surface area (Å²) in [4.78, 5) is 115. The molecular formula is C37H50N8O13S. The third-order valence-electron chi connectivity index (χ3n) is 10.5. The van der Waals surface area contributed by atoms with E-state index in [1.54, 1.807) is 24.3 Å². The highest BCUT2D eigenvalue weighted by atomic mass is 32.2. The van der Waals surface area contributed by atoms with Gasteiger partial charge in [0.15, 0.2) is 11.9 Å². The number of carboxylic acids is 1. The third kappa shape index (κ3) is 10.3. The number of aliphatic hydroxyl groups excluding tert-OH is 3. The zero-order valence-electron chi connectivity index (χ0n) is 32.7. The molecule has 59 heavy (non-hydrogen) atoms. The van der Waals surface area contributed by atoms with Crippen LogP contribution < -0.4 is 31.9 Å². The molecule has 0 unspecified atom stereocenters. The number of rotatable bonds is 6. The molecule has 1 aromatic heterocycles. The van der Waals surface area contributed by atoms with Crippen LogP contribution in [-0.2, 0) is 40.0 Å². The number of carboxylic acid groups (broad SMARTS) is 1. The van der Waals surface area contributed by atoms with E-state index in [4.69, 9.17) is 0 Å². The van der Waals surface area contributed by atoms with Gasteiger partial charge in [0.2, 0.25) is 29.5 Å². The number of aromatic nitrogens is 1. The number of Topliss-reactive ketones (excluding diaryl/α,β-unsaturated/α-hetero) is 1. The first-order valence-electron chi connectivity index (χ1n) is 19.0. The quantitative estimate of drug-likeness (QED) is 0.135.